The van der Waals surface area contributed by atoms with Crippen LogP contribution in [-0.4, -0.2) is 55.3 Å². The van der Waals surface area contributed by atoms with Crippen molar-refractivity contribution in [3.05, 3.63) is 12.2 Å². The number of hydrogen-bond donors (Lipinski definition) is 1. The van der Waals surface area contributed by atoms with Crippen LogP contribution in [0.15, 0.2) is 12.2 Å². The van der Waals surface area contributed by atoms with Gasteiger partial charge in [0.05, 0.1) is 27.6 Å². The van der Waals surface area contributed by atoms with Gasteiger partial charge in [0.1, 0.15) is 6.54 Å². The normalized spacial score (nSPS) is 12.5. The molecular formula is C25H48ClNO4. The van der Waals surface area contributed by atoms with Gasteiger partial charge in [0, 0.05) is 6.42 Å². The van der Waals surface area contributed by atoms with Crippen LogP contribution in [0.4, 0.5) is 0 Å². The van der Waals surface area contributed by atoms with Crippen molar-refractivity contribution in [1.29, 1.82) is 0 Å². The van der Waals surface area contributed by atoms with Gasteiger partial charge in [-0.3, -0.25) is 9.59 Å². The summed E-state index contributed by atoms with van der Waals surface area (Å²) in [5, 5.41) is 9.01. The summed E-state index contributed by atoms with van der Waals surface area (Å²) in [7, 11) is 5.89. The number of ether oxygens (including phenoxy) is 1. The third-order valence-electron chi connectivity index (χ3n) is 5.09. The zero-order chi connectivity index (χ0) is 22.7. The highest BCUT2D eigenvalue weighted by Gasteiger charge is 2.24. The molecule has 0 aromatic heterocycles. The number of esters is 1. The largest absolute Gasteiger partial charge is 1.00 e. The second-order valence-electron chi connectivity index (χ2n) is 9.52. The molecule has 0 bridgehead atoms. The second kappa shape index (κ2) is 20.8. The summed E-state index contributed by atoms with van der Waals surface area (Å²) >= 11 is 0. The molecule has 0 radical (unpaired) electrons. The Bertz CT molecular complexity index is 475. The Morgan fingerprint density at radius 3 is 1.81 bits per heavy atom. The quantitative estimate of drug-likeness (QED) is 0.0992. The second-order valence-corrected chi connectivity index (χ2v) is 9.52. The lowest BCUT2D eigenvalue weighted by atomic mass is 10.1. The Morgan fingerprint density at radius 1 is 0.839 bits per heavy atom. The summed E-state index contributed by atoms with van der Waals surface area (Å²) in [5.74, 6) is -1.20. The Labute approximate surface area is 197 Å². The van der Waals surface area contributed by atoms with E-state index in [4.69, 9.17) is 9.84 Å². The van der Waals surface area contributed by atoms with Gasteiger partial charge in [0.2, 0.25) is 0 Å². The van der Waals surface area contributed by atoms with Crippen molar-refractivity contribution in [2.75, 3.05) is 27.7 Å². The van der Waals surface area contributed by atoms with Crippen molar-refractivity contribution in [3.8, 4) is 0 Å². The summed E-state index contributed by atoms with van der Waals surface area (Å²) in [6.45, 7) is 2.76. The molecule has 0 heterocycles. The SMILES string of the molecule is CCCCCCCC/C=C\CCCCCCC[13C](=O)O[C@H](CC(=O)O)C[N+](C)(C)C.[Cl-]. The summed E-state index contributed by atoms with van der Waals surface area (Å²) in [4.78, 5) is 23.0. The molecule has 5 nitrogen and oxygen atoms in total. The molecule has 0 aliphatic rings. The third-order valence-corrected chi connectivity index (χ3v) is 5.09. The highest BCUT2D eigenvalue weighted by atomic mass is 35.5. The number of unbranched alkanes of at least 4 members (excludes halogenated alkanes) is 11. The number of allylic oxidation sites excluding steroid dienone is 2. The predicted octanol–water partition coefficient (Wildman–Crippen LogP) is 3.12. The smallest absolute Gasteiger partial charge is 0.307 e. The summed E-state index contributed by atoms with van der Waals surface area (Å²) in [5.41, 5.74) is 0. The van der Waals surface area contributed by atoms with Crippen molar-refractivity contribution in [2.45, 2.75) is 109 Å². The first kappa shape index (κ1) is 32.1. The van der Waals surface area contributed by atoms with Crippen LogP contribution in [0.2, 0.25) is 0 Å². The number of likely N-dealkylation sites (N-methyl/N-ethyl adjacent to an activating group) is 1. The number of hydrogen-bond acceptors (Lipinski definition) is 3. The fraction of sp³-hybridized carbons (Fsp3) is 0.840. The molecule has 31 heavy (non-hydrogen) atoms. The molecule has 0 aromatic rings. The van der Waals surface area contributed by atoms with E-state index in [-0.39, 0.29) is 24.8 Å². The number of rotatable bonds is 20. The van der Waals surface area contributed by atoms with Gasteiger partial charge >= 0.3 is 11.9 Å². The predicted molar refractivity (Wildman–Crippen MR) is 124 cm³/mol. The lowest BCUT2D eigenvalue weighted by Gasteiger charge is -2.28. The first-order valence-electron chi connectivity index (χ1n) is 12.1. The minimum atomic E-state index is -0.928. The number of halogens is 1. The average Bonchev–Trinajstić information content (AvgIpc) is 2.63. The molecule has 6 heteroatoms. The van der Waals surface area contributed by atoms with Gasteiger partial charge in [-0.2, -0.15) is 0 Å². The first-order chi connectivity index (χ1) is 14.2. The van der Waals surface area contributed by atoms with Crippen molar-refractivity contribution >= 4 is 11.9 Å². The zero-order valence-electron chi connectivity index (χ0n) is 20.5. The van der Waals surface area contributed by atoms with Crippen molar-refractivity contribution in [1.82, 2.24) is 0 Å². The van der Waals surface area contributed by atoms with Crippen LogP contribution in [0.5, 0.6) is 0 Å². The van der Waals surface area contributed by atoms with Crippen molar-refractivity contribution in [3.63, 3.8) is 0 Å². The summed E-state index contributed by atoms with van der Waals surface area (Å²) in [6, 6.07) is 0. The van der Waals surface area contributed by atoms with Crippen LogP contribution in [0.3, 0.4) is 0 Å². The van der Waals surface area contributed by atoms with Crippen LogP contribution in [-0.2, 0) is 14.3 Å². The standard InChI is InChI=1S/C25H47NO4.ClH/c1-5-6-7-8-9-10-11-12-13-14-15-16-17-18-19-20-25(29)30-23(21-24(27)28)22-26(2,3)4;/h12-13,23H,5-11,14-22H2,1-4H3;1H/b13-12-;/t23-;/m1./s1/i25+1;. The fourth-order valence-electron chi connectivity index (χ4n) is 3.53. The van der Waals surface area contributed by atoms with Crippen LogP contribution in [0.25, 0.3) is 0 Å². The summed E-state index contributed by atoms with van der Waals surface area (Å²) in [6.07, 6.45) is 20.2. The Balaban J connectivity index is 0. The number of nitrogens with zero attached hydrogens (tertiary/aromatic N) is 1. The van der Waals surface area contributed by atoms with E-state index in [1.54, 1.807) is 0 Å². The molecule has 0 unspecified atom stereocenters. The van der Waals surface area contributed by atoms with Crippen LogP contribution >= 0.6 is 0 Å². The van der Waals surface area contributed by atoms with Gasteiger partial charge in [-0.25, -0.2) is 0 Å². The van der Waals surface area contributed by atoms with Gasteiger partial charge in [0.15, 0.2) is 6.10 Å². The number of aliphatic carboxylic acids is 1. The van der Waals surface area contributed by atoms with Gasteiger partial charge < -0.3 is 26.7 Å². The average molecular weight is 463 g/mol. The lowest BCUT2D eigenvalue weighted by Crippen LogP contribution is -3.00. The molecule has 0 saturated carbocycles. The molecule has 0 aliphatic heterocycles. The fourth-order valence-corrected chi connectivity index (χ4v) is 3.53. The molecule has 0 fully saturated rings. The molecule has 0 amide bonds. The maximum Gasteiger partial charge on any atom is 0.307 e. The van der Waals surface area contributed by atoms with Crippen LogP contribution in [0, 0.1) is 0 Å². The molecule has 0 aromatic carbocycles. The minimum absolute atomic E-state index is 0. The summed E-state index contributed by atoms with van der Waals surface area (Å²) < 4.78 is 5.98. The minimum Gasteiger partial charge on any atom is -1.00 e. The van der Waals surface area contributed by atoms with Crippen LogP contribution < -0.4 is 12.4 Å². The number of carbonyl (C=O) groups excluding carboxylic acids is 1. The maximum absolute atomic E-state index is 12.0. The zero-order valence-corrected chi connectivity index (χ0v) is 21.3. The van der Waals surface area contributed by atoms with E-state index in [0.717, 1.165) is 25.7 Å². The Kier molecular flexibility index (Phi) is 21.6. The number of carbonyl (C=O) groups is 2. The van der Waals surface area contributed by atoms with E-state index in [9.17, 15) is 9.59 Å². The Morgan fingerprint density at radius 2 is 1.32 bits per heavy atom. The third kappa shape index (κ3) is 25.1. The number of carboxylic acid groups (broad SMARTS) is 1. The highest BCUT2D eigenvalue weighted by molar-refractivity contribution is 5.71. The molecule has 0 spiro atoms. The van der Waals surface area contributed by atoms with E-state index in [1.807, 2.05) is 21.1 Å². The van der Waals surface area contributed by atoms with Crippen LogP contribution in [0.1, 0.15) is 103 Å². The van der Waals surface area contributed by atoms with E-state index < -0.39 is 12.1 Å². The molecule has 1 atom stereocenters. The monoisotopic (exact) mass is 462 g/mol. The number of quaternary nitrogens is 1. The van der Waals surface area contributed by atoms with E-state index in [1.165, 1.54) is 57.8 Å². The maximum atomic E-state index is 12.0. The topological polar surface area (TPSA) is 63.6 Å². The number of carboxylic acids is 1. The Hall–Kier alpha value is -1.07. The van der Waals surface area contributed by atoms with Gasteiger partial charge in [-0.15, -0.1) is 0 Å². The van der Waals surface area contributed by atoms with Gasteiger partial charge in [-0.1, -0.05) is 70.4 Å². The molecule has 0 aliphatic carbocycles. The molecular weight excluding hydrogens is 415 g/mol. The highest BCUT2D eigenvalue weighted by Crippen LogP contribution is 2.12. The lowest BCUT2D eigenvalue weighted by molar-refractivity contribution is -0.873. The van der Waals surface area contributed by atoms with Gasteiger partial charge in [-0.05, 0) is 32.1 Å². The van der Waals surface area contributed by atoms with E-state index in [2.05, 4.69) is 19.1 Å². The van der Waals surface area contributed by atoms with E-state index >= 15 is 0 Å². The van der Waals surface area contributed by atoms with Crippen molar-refractivity contribution < 1.29 is 36.3 Å². The first-order valence-corrected chi connectivity index (χ1v) is 12.1. The van der Waals surface area contributed by atoms with E-state index in [0.29, 0.717) is 17.4 Å². The molecule has 0 saturated heterocycles. The molecule has 184 valence electrons. The molecule has 0 rings (SSSR count). The van der Waals surface area contributed by atoms with Crippen molar-refractivity contribution in [2.24, 2.45) is 0 Å². The van der Waals surface area contributed by atoms with Gasteiger partial charge in [0.25, 0.3) is 0 Å². The molecule has 1 N–H and O–H groups in total.